The minimum atomic E-state index is -0.299. The van der Waals surface area contributed by atoms with Crippen LogP contribution in [0.4, 0.5) is 4.39 Å². The molecular formula is C21H24FN3O2. The zero-order valence-electron chi connectivity index (χ0n) is 15.7. The number of aromatic nitrogens is 1. The Balaban J connectivity index is 1.45. The lowest BCUT2D eigenvalue weighted by molar-refractivity contribution is 0.0242. The summed E-state index contributed by atoms with van der Waals surface area (Å²) in [7, 11) is 2.19. The third-order valence-corrected chi connectivity index (χ3v) is 7.01. The second-order valence-corrected chi connectivity index (χ2v) is 8.56. The van der Waals surface area contributed by atoms with Crippen LogP contribution in [0.15, 0.2) is 34.9 Å². The van der Waals surface area contributed by atoms with Crippen molar-refractivity contribution < 1.29 is 13.7 Å². The van der Waals surface area contributed by atoms with Crippen LogP contribution in [0.1, 0.15) is 43.2 Å². The number of hydrogen-bond acceptors (Lipinski definition) is 4. The van der Waals surface area contributed by atoms with Crippen LogP contribution in [-0.2, 0) is 0 Å². The predicted molar refractivity (Wildman–Crippen MR) is 98.6 cm³/mol. The number of carbonyl (C=O) groups excluding carboxylic acids is 1. The Bertz CT molecular complexity index is 880. The lowest BCUT2D eigenvalue weighted by Gasteiger charge is -2.48. The lowest BCUT2D eigenvalue weighted by atomic mass is 9.66. The van der Waals surface area contributed by atoms with Crippen LogP contribution in [0.2, 0.25) is 0 Å². The molecule has 1 aromatic heterocycles. The Morgan fingerprint density at radius 3 is 2.78 bits per heavy atom. The molecule has 5 rings (SSSR count). The monoisotopic (exact) mass is 369 g/mol. The molecule has 5 nitrogen and oxygen atoms in total. The highest BCUT2D eigenvalue weighted by molar-refractivity contribution is 5.93. The molecule has 2 saturated heterocycles. The van der Waals surface area contributed by atoms with Crippen LogP contribution in [0, 0.1) is 11.2 Å². The third-order valence-electron chi connectivity index (χ3n) is 7.01. The third kappa shape index (κ3) is 2.46. The van der Waals surface area contributed by atoms with Gasteiger partial charge in [0.1, 0.15) is 11.5 Å². The summed E-state index contributed by atoms with van der Waals surface area (Å²) in [5.74, 6) is -0.0899. The summed E-state index contributed by atoms with van der Waals surface area (Å²) in [5.41, 5.74) is 1.46. The number of benzene rings is 1. The number of likely N-dealkylation sites (tertiary alicyclic amines) is 2. The average molecular weight is 369 g/mol. The summed E-state index contributed by atoms with van der Waals surface area (Å²) in [6, 6.07) is 8.78. The number of nitrogens with zero attached hydrogens (tertiary/aromatic N) is 3. The van der Waals surface area contributed by atoms with E-state index >= 15 is 0 Å². The normalized spacial score (nSPS) is 32.7. The first-order chi connectivity index (χ1) is 13.0. The number of carbonyl (C=O) groups is 1. The highest BCUT2D eigenvalue weighted by Gasteiger charge is 2.60. The molecule has 2 aliphatic heterocycles. The van der Waals surface area contributed by atoms with Crippen molar-refractivity contribution in [3.63, 3.8) is 0 Å². The smallest absolute Gasteiger partial charge is 0.293 e. The number of halogens is 1. The summed E-state index contributed by atoms with van der Waals surface area (Å²) < 4.78 is 18.6. The zero-order valence-corrected chi connectivity index (χ0v) is 15.7. The molecule has 3 fully saturated rings. The molecule has 0 spiro atoms. The summed E-state index contributed by atoms with van der Waals surface area (Å²) in [6.07, 6.45) is 4.50. The van der Waals surface area contributed by atoms with Crippen molar-refractivity contribution in [3.8, 4) is 11.3 Å². The average Bonchev–Trinajstić information content (AvgIpc) is 3.23. The maximum Gasteiger partial charge on any atom is 0.293 e. The molecule has 1 amide bonds. The van der Waals surface area contributed by atoms with Crippen molar-refractivity contribution in [1.29, 1.82) is 0 Å². The van der Waals surface area contributed by atoms with Gasteiger partial charge in [-0.1, -0.05) is 12.1 Å². The van der Waals surface area contributed by atoms with Gasteiger partial charge in [-0.05, 0) is 57.0 Å². The first-order valence-corrected chi connectivity index (χ1v) is 9.73. The number of amides is 1. The standard InChI is InChI=1S/C21H24FN3O2/c1-21-11-15-12-24(2)18(21)4-3-5-19(21)25(15)20(26)17-10-16(23-27-17)13-6-8-14(22)9-7-13/h6-10,15,18-19H,3-5,11-12H2,1-2H3/t15-,18+,19-,21+/m0/s1. The second-order valence-electron chi connectivity index (χ2n) is 8.56. The van der Waals surface area contributed by atoms with Gasteiger partial charge in [0.15, 0.2) is 0 Å². The molecule has 142 valence electrons. The molecule has 27 heavy (non-hydrogen) atoms. The quantitative estimate of drug-likeness (QED) is 0.812. The van der Waals surface area contributed by atoms with Gasteiger partial charge in [-0.2, -0.15) is 0 Å². The Labute approximate surface area is 158 Å². The molecule has 2 aromatic rings. The number of rotatable bonds is 2. The summed E-state index contributed by atoms with van der Waals surface area (Å²) in [4.78, 5) is 17.9. The van der Waals surface area contributed by atoms with E-state index < -0.39 is 0 Å². The highest BCUT2D eigenvalue weighted by atomic mass is 19.1. The SMILES string of the molecule is CN1C[C@@H]2C[C@@]3(C)[C@H](CCC[C@@H]13)N2C(=O)c1cc(-c2ccc(F)cc2)no1. The fourth-order valence-corrected chi connectivity index (χ4v) is 5.88. The van der Waals surface area contributed by atoms with Crippen LogP contribution in [0.25, 0.3) is 11.3 Å². The Kier molecular flexibility index (Phi) is 3.69. The Morgan fingerprint density at radius 1 is 1.26 bits per heavy atom. The summed E-state index contributed by atoms with van der Waals surface area (Å²) >= 11 is 0. The van der Waals surface area contributed by atoms with E-state index in [0.29, 0.717) is 11.7 Å². The van der Waals surface area contributed by atoms with Crippen LogP contribution >= 0.6 is 0 Å². The first kappa shape index (κ1) is 16.9. The van der Waals surface area contributed by atoms with E-state index in [2.05, 4.69) is 28.9 Å². The molecule has 1 saturated carbocycles. The summed E-state index contributed by atoms with van der Waals surface area (Å²) in [6.45, 7) is 3.27. The van der Waals surface area contributed by atoms with Crippen molar-refractivity contribution in [2.24, 2.45) is 5.41 Å². The highest BCUT2D eigenvalue weighted by Crippen LogP contribution is 2.54. The maximum absolute atomic E-state index is 13.4. The van der Waals surface area contributed by atoms with Gasteiger partial charge >= 0.3 is 0 Å². The molecule has 0 radical (unpaired) electrons. The molecule has 0 unspecified atom stereocenters. The molecule has 1 aliphatic carbocycles. The number of likely N-dealkylation sites (N-methyl/N-ethyl adjacent to an activating group) is 1. The van der Waals surface area contributed by atoms with Crippen molar-refractivity contribution in [3.05, 3.63) is 41.9 Å². The van der Waals surface area contributed by atoms with E-state index in [4.69, 9.17) is 4.52 Å². The molecule has 3 aliphatic rings. The fraction of sp³-hybridized carbons (Fsp3) is 0.524. The molecule has 1 aromatic carbocycles. The van der Waals surface area contributed by atoms with E-state index in [0.717, 1.165) is 31.4 Å². The van der Waals surface area contributed by atoms with Crippen molar-refractivity contribution in [2.75, 3.05) is 13.6 Å². The Hall–Kier alpha value is -2.21. The zero-order chi connectivity index (χ0) is 18.8. The molecule has 3 heterocycles. The maximum atomic E-state index is 13.4. The van der Waals surface area contributed by atoms with Crippen LogP contribution < -0.4 is 0 Å². The van der Waals surface area contributed by atoms with Gasteiger partial charge in [0.05, 0.1) is 0 Å². The van der Waals surface area contributed by atoms with Crippen molar-refractivity contribution >= 4 is 5.91 Å². The van der Waals surface area contributed by atoms with Gasteiger partial charge in [0.25, 0.3) is 5.91 Å². The second kappa shape index (κ2) is 5.89. The fourth-order valence-electron chi connectivity index (χ4n) is 5.88. The molecule has 0 N–H and O–H groups in total. The first-order valence-electron chi connectivity index (χ1n) is 9.73. The van der Waals surface area contributed by atoms with Gasteiger partial charge in [-0.25, -0.2) is 4.39 Å². The molecule has 4 atom stereocenters. The lowest BCUT2D eigenvalue weighted by Crippen LogP contribution is -2.54. The summed E-state index contributed by atoms with van der Waals surface area (Å²) in [5, 5.41) is 4.05. The minimum absolute atomic E-state index is 0.0643. The predicted octanol–water partition coefficient (Wildman–Crippen LogP) is 3.57. The van der Waals surface area contributed by atoms with E-state index in [1.54, 1.807) is 18.2 Å². The topological polar surface area (TPSA) is 49.6 Å². The molecule has 6 heteroatoms. The van der Waals surface area contributed by atoms with E-state index in [9.17, 15) is 9.18 Å². The van der Waals surface area contributed by atoms with Gasteiger partial charge < -0.3 is 14.3 Å². The number of fused-ring (bicyclic) bond motifs is 1. The van der Waals surface area contributed by atoms with Gasteiger partial charge in [-0.15, -0.1) is 0 Å². The van der Waals surface area contributed by atoms with Crippen molar-refractivity contribution in [1.82, 2.24) is 15.0 Å². The number of hydrogen-bond donors (Lipinski definition) is 0. The molecule has 2 bridgehead atoms. The minimum Gasteiger partial charge on any atom is -0.350 e. The van der Waals surface area contributed by atoms with E-state index in [1.807, 2.05) is 0 Å². The van der Waals surface area contributed by atoms with Crippen LogP contribution in [0.3, 0.4) is 0 Å². The van der Waals surface area contributed by atoms with Crippen LogP contribution in [-0.4, -0.2) is 52.6 Å². The Morgan fingerprint density at radius 2 is 2.00 bits per heavy atom. The van der Waals surface area contributed by atoms with Crippen molar-refractivity contribution in [2.45, 2.75) is 50.7 Å². The largest absolute Gasteiger partial charge is 0.350 e. The van der Waals surface area contributed by atoms with Gasteiger partial charge in [0, 0.05) is 41.7 Å². The number of piperidine rings is 1. The van der Waals surface area contributed by atoms with Gasteiger partial charge in [0.2, 0.25) is 5.76 Å². The van der Waals surface area contributed by atoms with Gasteiger partial charge in [-0.3, -0.25) is 4.79 Å². The van der Waals surface area contributed by atoms with E-state index in [1.165, 1.54) is 18.6 Å². The van der Waals surface area contributed by atoms with E-state index in [-0.39, 0.29) is 35.0 Å². The molecular weight excluding hydrogens is 345 g/mol. The van der Waals surface area contributed by atoms with Crippen LogP contribution in [0.5, 0.6) is 0 Å².